The normalized spacial score (nSPS) is 18.6. The van der Waals surface area contributed by atoms with Crippen molar-refractivity contribution in [2.45, 2.75) is 38.7 Å². The van der Waals surface area contributed by atoms with Crippen LogP contribution in [-0.2, 0) is 20.7 Å². The lowest BCUT2D eigenvalue weighted by atomic mass is 10.1. The molecule has 0 radical (unpaired) electrons. The lowest BCUT2D eigenvalue weighted by Gasteiger charge is -2.21. The highest BCUT2D eigenvalue weighted by atomic mass is 16.6. The Balaban J connectivity index is 1.66. The molecular weight excluding hydrogens is 292 g/mol. The minimum atomic E-state index is -0.341. The summed E-state index contributed by atoms with van der Waals surface area (Å²) in [6, 6.07) is 7.84. The number of rotatable bonds is 5. The molecule has 23 heavy (non-hydrogen) atoms. The van der Waals surface area contributed by atoms with Gasteiger partial charge in [-0.2, -0.15) is 0 Å². The Morgan fingerprint density at radius 3 is 3.00 bits per heavy atom. The number of benzene rings is 1. The third kappa shape index (κ3) is 3.82. The summed E-state index contributed by atoms with van der Waals surface area (Å²) in [4.78, 5) is 11.9. The lowest BCUT2D eigenvalue weighted by molar-refractivity contribution is -0.143. The maximum Gasteiger partial charge on any atom is 0.330 e. The van der Waals surface area contributed by atoms with E-state index in [1.807, 2.05) is 31.2 Å². The number of aryl methyl sites for hydroxylation is 1. The summed E-state index contributed by atoms with van der Waals surface area (Å²) in [7, 11) is 0. The Labute approximate surface area is 136 Å². The molecule has 0 amide bonds. The number of carbonyl (C=O) groups is 1. The monoisotopic (exact) mass is 314 g/mol. The second-order valence-electron chi connectivity index (χ2n) is 5.74. The fourth-order valence-corrected chi connectivity index (χ4v) is 2.87. The van der Waals surface area contributed by atoms with E-state index in [9.17, 15) is 4.79 Å². The number of ether oxygens (including phenoxy) is 2. The average molecular weight is 314 g/mol. The van der Waals surface area contributed by atoms with E-state index in [0.717, 1.165) is 54.6 Å². The molecule has 1 aliphatic rings. The molecule has 0 N–H and O–H groups in total. The molecule has 2 heterocycles. The van der Waals surface area contributed by atoms with Crippen LogP contribution in [0.1, 0.15) is 37.5 Å². The largest absolute Gasteiger partial charge is 0.460 e. The van der Waals surface area contributed by atoms with Crippen LogP contribution in [0.5, 0.6) is 0 Å². The van der Waals surface area contributed by atoms with Crippen LogP contribution in [0, 0.1) is 0 Å². The van der Waals surface area contributed by atoms with Gasteiger partial charge in [-0.25, -0.2) is 4.79 Å². The fourth-order valence-electron chi connectivity index (χ4n) is 2.87. The van der Waals surface area contributed by atoms with Gasteiger partial charge in [-0.05, 0) is 31.4 Å². The maximum absolute atomic E-state index is 11.9. The molecule has 0 aliphatic carbocycles. The highest BCUT2D eigenvalue weighted by Crippen LogP contribution is 2.27. The Hall–Kier alpha value is -2.07. The zero-order chi connectivity index (χ0) is 16.1. The molecule has 1 unspecified atom stereocenters. The van der Waals surface area contributed by atoms with Crippen molar-refractivity contribution in [3.63, 3.8) is 0 Å². The van der Waals surface area contributed by atoms with Crippen LogP contribution in [0.2, 0.25) is 0 Å². The molecule has 1 aromatic heterocycles. The molecule has 0 spiro atoms. The number of para-hydroxylation sites is 1. The summed E-state index contributed by atoms with van der Waals surface area (Å²) in [5, 5.41) is 1.02. The summed E-state index contributed by atoms with van der Waals surface area (Å²) < 4.78 is 16.7. The molecule has 2 aromatic rings. The van der Waals surface area contributed by atoms with Gasteiger partial charge in [0.15, 0.2) is 0 Å². The molecule has 4 heteroatoms. The molecular formula is C19H22O4. The molecule has 4 nitrogen and oxygen atoms in total. The van der Waals surface area contributed by atoms with Gasteiger partial charge in [-0.3, -0.25) is 0 Å². The molecule has 1 aliphatic heterocycles. The highest BCUT2D eigenvalue weighted by Gasteiger charge is 2.15. The second-order valence-corrected chi connectivity index (χ2v) is 5.74. The lowest BCUT2D eigenvalue weighted by Crippen LogP contribution is -2.25. The van der Waals surface area contributed by atoms with Gasteiger partial charge in [-0.1, -0.05) is 25.1 Å². The first kappa shape index (κ1) is 15.8. The van der Waals surface area contributed by atoms with Crippen molar-refractivity contribution >= 4 is 23.0 Å². The number of furan rings is 1. The van der Waals surface area contributed by atoms with Crippen molar-refractivity contribution in [3.05, 3.63) is 41.7 Å². The van der Waals surface area contributed by atoms with Crippen LogP contribution in [0.25, 0.3) is 17.0 Å². The number of carbonyl (C=O) groups excluding carboxylic acids is 1. The van der Waals surface area contributed by atoms with Crippen LogP contribution in [0.3, 0.4) is 0 Å². The zero-order valence-electron chi connectivity index (χ0n) is 13.4. The van der Waals surface area contributed by atoms with Gasteiger partial charge in [0.2, 0.25) is 0 Å². The Bertz CT molecular complexity index is 692. The van der Waals surface area contributed by atoms with Crippen LogP contribution >= 0.6 is 0 Å². The van der Waals surface area contributed by atoms with Crippen molar-refractivity contribution in [2.75, 3.05) is 13.2 Å². The molecule has 1 fully saturated rings. The van der Waals surface area contributed by atoms with Crippen molar-refractivity contribution in [3.8, 4) is 0 Å². The summed E-state index contributed by atoms with van der Waals surface area (Å²) in [5.74, 6) is 0.539. The third-order valence-electron chi connectivity index (χ3n) is 4.10. The molecule has 0 bridgehead atoms. The van der Waals surface area contributed by atoms with E-state index in [0.29, 0.717) is 6.61 Å². The van der Waals surface area contributed by atoms with Crippen molar-refractivity contribution in [1.29, 1.82) is 0 Å². The number of fused-ring (bicyclic) bond motifs is 1. The summed E-state index contributed by atoms with van der Waals surface area (Å²) >= 11 is 0. The first-order chi connectivity index (χ1) is 11.3. The van der Waals surface area contributed by atoms with E-state index in [1.54, 1.807) is 6.08 Å². The van der Waals surface area contributed by atoms with Crippen molar-refractivity contribution in [2.24, 2.45) is 0 Å². The number of esters is 1. The number of hydrogen-bond donors (Lipinski definition) is 0. The van der Waals surface area contributed by atoms with Gasteiger partial charge < -0.3 is 13.9 Å². The van der Waals surface area contributed by atoms with Gasteiger partial charge in [0.05, 0.1) is 6.10 Å². The van der Waals surface area contributed by atoms with E-state index in [4.69, 9.17) is 13.9 Å². The maximum atomic E-state index is 11.9. The topological polar surface area (TPSA) is 48.7 Å². The standard InChI is InChI=1S/C19H22O4/c1-2-17-16(15-8-3-4-9-18(15)23-17)10-11-19(20)22-13-14-7-5-6-12-21-14/h3-4,8-11,14H,2,5-7,12-13H2,1H3/b11-10+. The Morgan fingerprint density at radius 1 is 1.35 bits per heavy atom. The predicted octanol–water partition coefficient (Wildman–Crippen LogP) is 4.12. The first-order valence-corrected chi connectivity index (χ1v) is 8.24. The van der Waals surface area contributed by atoms with Crippen LogP contribution in [0.15, 0.2) is 34.8 Å². The minimum absolute atomic E-state index is 0.0436. The Kier molecular flexibility index (Phi) is 5.13. The van der Waals surface area contributed by atoms with Crippen LogP contribution in [0.4, 0.5) is 0 Å². The summed E-state index contributed by atoms with van der Waals surface area (Å²) in [6.45, 7) is 3.13. The molecule has 3 rings (SSSR count). The molecule has 122 valence electrons. The quantitative estimate of drug-likeness (QED) is 0.615. The van der Waals surface area contributed by atoms with Gasteiger partial charge in [0.1, 0.15) is 18.0 Å². The first-order valence-electron chi connectivity index (χ1n) is 8.24. The van der Waals surface area contributed by atoms with Crippen LogP contribution in [-0.4, -0.2) is 25.3 Å². The minimum Gasteiger partial charge on any atom is -0.460 e. The molecule has 1 saturated heterocycles. The highest BCUT2D eigenvalue weighted by molar-refractivity contribution is 5.94. The van der Waals surface area contributed by atoms with E-state index in [2.05, 4.69) is 0 Å². The molecule has 0 saturated carbocycles. The van der Waals surface area contributed by atoms with E-state index in [1.165, 1.54) is 6.08 Å². The predicted molar refractivity (Wildman–Crippen MR) is 89.2 cm³/mol. The van der Waals surface area contributed by atoms with Gasteiger partial charge in [0, 0.05) is 30.1 Å². The van der Waals surface area contributed by atoms with Crippen LogP contribution < -0.4 is 0 Å². The average Bonchev–Trinajstić information content (AvgIpc) is 2.97. The molecule has 1 aromatic carbocycles. The second kappa shape index (κ2) is 7.47. The summed E-state index contributed by atoms with van der Waals surface area (Å²) in [5.41, 5.74) is 1.79. The SMILES string of the molecule is CCc1oc2ccccc2c1/C=C/C(=O)OCC1CCCCO1. The van der Waals surface area contributed by atoms with E-state index >= 15 is 0 Å². The zero-order valence-corrected chi connectivity index (χ0v) is 13.4. The summed E-state index contributed by atoms with van der Waals surface area (Å²) in [6.07, 6.45) is 7.27. The smallest absolute Gasteiger partial charge is 0.330 e. The van der Waals surface area contributed by atoms with Crippen molar-refractivity contribution in [1.82, 2.24) is 0 Å². The number of hydrogen-bond acceptors (Lipinski definition) is 4. The van der Waals surface area contributed by atoms with Gasteiger partial charge in [0.25, 0.3) is 0 Å². The molecule has 1 atom stereocenters. The van der Waals surface area contributed by atoms with E-state index in [-0.39, 0.29) is 12.1 Å². The third-order valence-corrected chi connectivity index (χ3v) is 4.10. The van der Waals surface area contributed by atoms with E-state index < -0.39 is 0 Å². The fraction of sp³-hybridized carbons (Fsp3) is 0.421. The van der Waals surface area contributed by atoms with Crippen molar-refractivity contribution < 1.29 is 18.7 Å². The van der Waals surface area contributed by atoms with Gasteiger partial charge >= 0.3 is 5.97 Å². The Morgan fingerprint density at radius 2 is 2.22 bits per heavy atom. The van der Waals surface area contributed by atoms with Gasteiger partial charge in [-0.15, -0.1) is 0 Å².